The molecule has 35 heavy (non-hydrogen) atoms. The van der Waals surface area contributed by atoms with Crippen LogP contribution < -0.4 is 15.1 Å². The first kappa shape index (κ1) is 22.7. The normalized spacial score (nSPS) is 21.4. The third-order valence-electron chi connectivity index (χ3n) is 6.40. The molecule has 0 bridgehead atoms. The maximum atomic E-state index is 14.8. The number of hydrazine groups is 1. The summed E-state index contributed by atoms with van der Waals surface area (Å²) in [4.78, 5) is 41.8. The van der Waals surface area contributed by atoms with Crippen LogP contribution in [-0.4, -0.2) is 35.4 Å². The van der Waals surface area contributed by atoms with Crippen LogP contribution in [0.5, 0.6) is 5.75 Å². The van der Waals surface area contributed by atoms with Crippen molar-refractivity contribution >= 4 is 23.4 Å². The van der Waals surface area contributed by atoms with Gasteiger partial charge in [-0.05, 0) is 56.3 Å². The average Bonchev–Trinajstić information content (AvgIpc) is 3.37. The van der Waals surface area contributed by atoms with Crippen LogP contribution in [0.25, 0.3) is 0 Å². The molecule has 0 aliphatic carbocycles. The number of benzene rings is 3. The number of aryl methyl sites for hydroxylation is 1. The van der Waals surface area contributed by atoms with E-state index >= 15 is 0 Å². The van der Waals surface area contributed by atoms with Crippen LogP contribution in [0.15, 0.2) is 72.8 Å². The number of hydrogen-bond donors (Lipinski definition) is 1. The van der Waals surface area contributed by atoms with Gasteiger partial charge in [0.25, 0.3) is 11.8 Å². The Morgan fingerprint density at radius 1 is 0.971 bits per heavy atom. The van der Waals surface area contributed by atoms with E-state index in [9.17, 15) is 18.8 Å². The Bertz CT molecular complexity index is 1290. The van der Waals surface area contributed by atoms with Gasteiger partial charge in [0.15, 0.2) is 0 Å². The van der Waals surface area contributed by atoms with Crippen LogP contribution in [-0.2, 0) is 9.59 Å². The number of nitrogens with zero attached hydrogens (tertiary/aromatic N) is 2. The molecule has 178 valence electrons. The summed E-state index contributed by atoms with van der Waals surface area (Å²) in [6.45, 7) is 4.25. The zero-order chi connectivity index (χ0) is 24.7. The Morgan fingerprint density at radius 2 is 1.66 bits per heavy atom. The Labute approximate surface area is 202 Å². The molecule has 2 heterocycles. The molecule has 5 rings (SSSR count). The number of hydrogen-bond acceptors (Lipinski definition) is 5. The molecule has 0 unspecified atom stereocenters. The molecular formula is C27H24FN3O4. The van der Waals surface area contributed by atoms with Crippen molar-refractivity contribution in [1.82, 2.24) is 10.4 Å². The molecule has 3 atom stereocenters. The monoisotopic (exact) mass is 473 g/mol. The van der Waals surface area contributed by atoms with Crippen molar-refractivity contribution in [3.63, 3.8) is 0 Å². The van der Waals surface area contributed by atoms with Crippen molar-refractivity contribution < 1.29 is 23.5 Å². The number of ether oxygens (including phenoxy) is 1. The van der Waals surface area contributed by atoms with Crippen molar-refractivity contribution in [2.24, 2.45) is 5.92 Å². The van der Waals surface area contributed by atoms with E-state index in [1.807, 2.05) is 13.8 Å². The molecule has 3 amide bonds. The van der Waals surface area contributed by atoms with Gasteiger partial charge >= 0.3 is 0 Å². The summed E-state index contributed by atoms with van der Waals surface area (Å²) in [6.07, 6.45) is 0. The van der Waals surface area contributed by atoms with Gasteiger partial charge in [-0.2, -0.15) is 0 Å². The Kier molecular flexibility index (Phi) is 5.82. The van der Waals surface area contributed by atoms with Gasteiger partial charge in [-0.25, -0.2) is 14.7 Å². The minimum atomic E-state index is -1.12. The van der Waals surface area contributed by atoms with Gasteiger partial charge < -0.3 is 4.74 Å². The predicted octanol–water partition coefficient (Wildman–Crippen LogP) is 3.79. The standard InChI is InChI=1S/C27H24FN3O4/c1-3-35-19-14-12-18(13-15-19)30-26(33)22-23(20-6-4-5-7-21(20)28)29-31(24(22)27(30)34)25(32)17-10-8-16(2)9-11-17/h4-15,22-24,29H,3H2,1-2H3/t22-,23-,24+/m1/s1. The average molecular weight is 474 g/mol. The van der Waals surface area contributed by atoms with E-state index in [4.69, 9.17) is 4.74 Å². The lowest BCUT2D eigenvalue weighted by molar-refractivity contribution is -0.123. The van der Waals surface area contributed by atoms with Crippen LogP contribution in [0.3, 0.4) is 0 Å². The van der Waals surface area contributed by atoms with E-state index in [2.05, 4.69) is 5.43 Å². The van der Waals surface area contributed by atoms with Crippen LogP contribution >= 0.6 is 0 Å². The van der Waals surface area contributed by atoms with E-state index in [1.54, 1.807) is 66.7 Å². The number of fused-ring (bicyclic) bond motifs is 1. The summed E-state index contributed by atoms with van der Waals surface area (Å²) in [6, 6.07) is 17.6. The summed E-state index contributed by atoms with van der Waals surface area (Å²) in [5.74, 6) is -2.40. The molecule has 7 nitrogen and oxygen atoms in total. The number of carbonyl (C=O) groups excluding carboxylic acids is 3. The van der Waals surface area contributed by atoms with E-state index in [0.717, 1.165) is 10.5 Å². The van der Waals surface area contributed by atoms with Gasteiger partial charge in [0.05, 0.1) is 24.3 Å². The fourth-order valence-corrected chi connectivity index (χ4v) is 4.71. The quantitative estimate of drug-likeness (QED) is 0.571. The van der Waals surface area contributed by atoms with Crippen molar-refractivity contribution in [2.45, 2.75) is 25.9 Å². The number of carbonyl (C=O) groups is 3. The second-order valence-electron chi connectivity index (χ2n) is 8.58. The first-order valence-electron chi connectivity index (χ1n) is 11.4. The zero-order valence-electron chi connectivity index (χ0n) is 19.3. The Balaban J connectivity index is 1.55. The molecule has 2 saturated heterocycles. The smallest absolute Gasteiger partial charge is 0.268 e. The first-order chi connectivity index (χ1) is 16.9. The fraction of sp³-hybridized carbons (Fsp3) is 0.222. The van der Waals surface area contributed by atoms with Crippen molar-refractivity contribution in [2.75, 3.05) is 11.5 Å². The van der Waals surface area contributed by atoms with Crippen LogP contribution in [0.2, 0.25) is 0 Å². The molecule has 3 aromatic rings. The predicted molar refractivity (Wildman–Crippen MR) is 127 cm³/mol. The number of halogens is 1. The van der Waals surface area contributed by atoms with Crippen LogP contribution in [0, 0.1) is 18.7 Å². The third-order valence-corrected chi connectivity index (χ3v) is 6.40. The maximum absolute atomic E-state index is 14.8. The number of nitrogens with one attached hydrogen (secondary N) is 1. The second-order valence-corrected chi connectivity index (χ2v) is 8.58. The summed E-state index contributed by atoms with van der Waals surface area (Å²) in [5, 5.41) is 1.18. The van der Waals surface area contributed by atoms with Crippen molar-refractivity contribution in [3.8, 4) is 5.75 Å². The molecule has 0 spiro atoms. The molecule has 2 aliphatic rings. The number of anilines is 1. The summed E-state index contributed by atoms with van der Waals surface area (Å²) in [5.41, 5.74) is 4.90. The van der Waals surface area contributed by atoms with Crippen molar-refractivity contribution in [3.05, 3.63) is 95.3 Å². The lowest BCUT2D eigenvalue weighted by Crippen LogP contribution is -2.48. The molecule has 1 N–H and O–H groups in total. The zero-order valence-corrected chi connectivity index (χ0v) is 19.3. The number of amides is 3. The SMILES string of the molecule is CCOc1ccc(N2C(=O)[C@@H]3[C@@H](c4ccccc4F)NN(C(=O)c4ccc(C)cc4)[C@@H]3C2=O)cc1. The highest BCUT2D eigenvalue weighted by molar-refractivity contribution is 6.25. The van der Waals surface area contributed by atoms with Gasteiger partial charge in [0.2, 0.25) is 5.91 Å². The Hall–Kier alpha value is -4.04. The molecule has 2 fully saturated rings. The van der Waals surface area contributed by atoms with Gasteiger partial charge in [0.1, 0.15) is 17.6 Å². The maximum Gasteiger partial charge on any atom is 0.268 e. The lowest BCUT2D eigenvalue weighted by atomic mass is 9.90. The van der Waals surface area contributed by atoms with E-state index in [-0.39, 0.29) is 5.56 Å². The topological polar surface area (TPSA) is 79.0 Å². The van der Waals surface area contributed by atoms with Gasteiger partial charge in [0, 0.05) is 11.1 Å². The molecule has 2 aliphatic heterocycles. The highest BCUT2D eigenvalue weighted by Crippen LogP contribution is 2.43. The fourth-order valence-electron chi connectivity index (χ4n) is 4.71. The summed E-state index contributed by atoms with van der Waals surface area (Å²) >= 11 is 0. The molecule has 0 radical (unpaired) electrons. The van der Waals surface area contributed by atoms with Gasteiger partial charge in [-0.3, -0.25) is 19.4 Å². The van der Waals surface area contributed by atoms with Gasteiger partial charge in [-0.15, -0.1) is 0 Å². The Morgan fingerprint density at radius 3 is 2.31 bits per heavy atom. The molecule has 8 heteroatoms. The van der Waals surface area contributed by atoms with E-state index in [1.165, 1.54) is 11.1 Å². The number of imide groups is 1. The van der Waals surface area contributed by atoms with Crippen molar-refractivity contribution in [1.29, 1.82) is 0 Å². The van der Waals surface area contributed by atoms with E-state index in [0.29, 0.717) is 23.6 Å². The lowest BCUT2D eigenvalue weighted by Gasteiger charge is -2.25. The van der Waals surface area contributed by atoms with Crippen LogP contribution in [0.4, 0.5) is 10.1 Å². The largest absolute Gasteiger partial charge is 0.494 e. The first-order valence-corrected chi connectivity index (χ1v) is 11.4. The highest BCUT2D eigenvalue weighted by Gasteiger charge is 2.60. The summed E-state index contributed by atoms with van der Waals surface area (Å²) < 4.78 is 20.2. The molecule has 0 saturated carbocycles. The summed E-state index contributed by atoms with van der Waals surface area (Å²) in [7, 11) is 0. The highest BCUT2D eigenvalue weighted by atomic mass is 19.1. The molecule has 0 aromatic heterocycles. The molecular weight excluding hydrogens is 449 g/mol. The second kappa shape index (κ2) is 8.96. The van der Waals surface area contributed by atoms with Gasteiger partial charge in [-0.1, -0.05) is 35.9 Å². The minimum Gasteiger partial charge on any atom is -0.494 e. The molecule has 3 aromatic carbocycles. The third kappa shape index (κ3) is 3.85. The minimum absolute atomic E-state index is 0.219. The van der Waals surface area contributed by atoms with E-state index < -0.39 is 41.5 Å². The van der Waals surface area contributed by atoms with Crippen LogP contribution in [0.1, 0.15) is 34.5 Å². The number of rotatable bonds is 5.